The average Bonchev–Trinajstić information content (AvgIpc) is 3.16. The number of aromatic carboxylic acids is 1. The predicted molar refractivity (Wildman–Crippen MR) is 135 cm³/mol. The standard InChI is InChI=1S/C30H20F3NO3/c31-30(32,33)23-15-13-21(14-16-23)26(20-8-2-1-3-9-20)27-24-11-4-5-12-25(24)34(28(27)35)18-19-7-6-10-22(17-19)29(36)37/h1-17H,18H2,(H,36,37)/b27-26+. The number of anilines is 1. The van der Waals surface area contributed by atoms with E-state index in [0.717, 1.165) is 12.1 Å². The fourth-order valence-corrected chi connectivity index (χ4v) is 4.55. The molecule has 1 heterocycles. The first-order chi connectivity index (χ1) is 17.7. The van der Waals surface area contributed by atoms with E-state index >= 15 is 0 Å². The maximum atomic E-state index is 14.0. The molecule has 184 valence electrons. The van der Waals surface area contributed by atoms with E-state index in [2.05, 4.69) is 0 Å². The third kappa shape index (κ3) is 4.63. The maximum absolute atomic E-state index is 14.0. The van der Waals surface area contributed by atoms with Crippen LogP contribution in [0.2, 0.25) is 0 Å². The molecule has 0 aliphatic carbocycles. The summed E-state index contributed by atoms with van der Waals surface area (Å²) in [5.41, 5.74) is 3.34. The number of rotatable bonds is 5. The van der Waals surface area contributed by atoms with Gasteiger partial charge >= 0.3 is 12.1 Å². The van der Waals surface area contributed by atoms with Crippen molar-refractivity contribution in [1.82, 2.24) is 0 Å². The van der Waals surface area contributed by atoms with Crippen LogP contribution in [0.5, 0.6) is 0 Å². The SMILES string of the molecule is O=C(O)c1cccc(CN2C(=O)/C(=C(\c3ccccc3)c3ccc(C(F)(F)F)cc3)c3ccccc32)c1. The van der Waals surface area contributed by atoms with Crippen molar-refractivity contribution in [1.29, 1.82) is 0 Å². The minimum atomic E-state index is -4.48. The van der Waals surface area contributed by atoms with Gasteiger partial charge in [-0.25, -0.2) is 4.79 Å². The molecule has 4 aromatic carbocycles. The van der Waals surface area contributed by atoms with Crippen LogP contribution in [0.15, 0.2) is 103 Å². The van der Waals surface area contributed by atoms with E-state index in [1.807, 2.05) is 24.3 Å². The van der Waals surface area contributed by atoms with Gasteiger partial charge in [0.05, 0.1) is 28.9 Å². The van der Waals surface area contributed by atoms with Crippen molar-refractivity contribution in [3.8, 4) is 0 Å². The topological polar surface area (TPSA) is 57.6 Å². The number of carboxylic acid groups (broad SMARTS) is 1. The van der Waals surface area contributed by atoms with Crippen LogP contribution in [0, 0.1) is 0 Å². The van der Waals surface area contributed by atoms with Crippen LogP contribution in [-0.2, 0) is 17.5 Å². The Morgan fingerprint density at radius 1 is 0.757 bits per heavy atom. The first-order valence-electron chi connectivity index (χ1n) is 11.4. The summed E-state index contributed by atoms with van der Waals surface area (Å²) >= 11 is 0. The Morgan fingerprint density at radius 3 is 2.05 bits per heavy atom. The number of nitrogens with zero attached hydrogens (tertiary/aromatic N) is 1. The molecule has 0 fully saturated rings. The predicted octanol–water partition coefficient (Wildman–Crippen LogP) is 6.91. The maximum Gasteiger partial charge on any atom is 0.416 e. The molecular formula is C30H20F3NO3. The molecule has 0 saturated carbocycles. The van der Waals surface area contributed by atoms with Gasteiger partial charge in [0.25, 0.3) is 5.91 Å². The second kappa shape index (κ2) is 9.43. The number of carbonyl (C=O) groups excluding carboxylic acids is 1. The van der Waals surface area contributed by atoms with Gasteiger partial charge in [-0.05, 0) is 47.0 Å². The highest BCUT2D eigenvalue weighted by Gasteiger charge is 2.36. The molecule has 1 N–H and O–H groups in total. The van der Waals surface area contributed by atoms with Crippen molar-refractivity contribution in [3.05, 3.63) is 137 Å². The fourth-order valence-electron chi connectivity index (χ4n) is 4.55. The summed E-state index contributed by atoms with van der Waals surface area (Å²) in [5, 5.41) is 9.36. The lowest BCUT2D eigenvalue weighted by atomic mass is 9.89. The number of hydrogen-bond acceptors (Lipinski definition) is 2. The number of para-hydroxylation sites is 1. The molecule has 0 spiro atoms. The van der Waals surface area contributed by atoms with Crippen LogP contribution in [0.3, 0.4) is 0 Å². The molecule has 0 unspecified atom stereocenters. The van der Waals surface area contributed by atoms with Gasteiger partial charge in [0, 0.05) is 11.1 Å². The largest absolute Gasteiger partial charge is 0.478 e. The van der Waals surface area contributed by atoms with Gasteiger partial charge in [0.15, 0.2) is 0 Å². The molecule has 0 atom stereocenters. The van der Waals surface area contributed by atoms with E-state index in [1.165, 1.54) is 24.3 Å². The summed E-state index contributed by atoms with van der Waals surface area (Å²) in [6.45, 7) is 0.134. The van der Waals surface area contributed by atoms with Crippen molar-refractivity contribution in [2.75, 3.05) is 4.90 Å². The molecule has 4 aromatic rings. The van der Waals surface area contributed by atoms with Crippen LogP contribution in [0.1, 0.15) is 38.2 Å². The van der Waals surface area contributed by atoms with Crippen LogP contribution in [-0.4, -0.2) is 17.0 Å². The summed E-state index contributed by atoms with van der Waals surface area (Å²) in [7, 11) is 0. The van der Waals surface area contributed by atoms with E-state index in [0.29, 0.717) is 39.1 Å². The van der Waals surface area contributed by atoms with Gasteiger partial charge in [-0.2, -0.15) is 13.2 Å². The molecule has 0 radical (unpaired) electrons. The Morgan fingerprint density at radius 2 is 1.38 bits per heavy atom. The first kappa shape index (κ1) is 24.1. The lowest BCUT2D eigenvalue weighted by Crippen LogP contribution is -2.26. The monoisotopic (exact) mass is 499 g/mol. The fraction of sp³-hybridized carbons (Fsp3) is 0.0667. The average molecular weight is 499 g/mol. The van der Waals surface area contributed by atoms with E-state index in [4.69, 9.17) is 0 Å². The van der Waals surface area contributed by atoms with Crippen molar-refractivity contribution in [2.45, 2.75) is 12.7 Å². The van der Waals surface area contributed by atoms with Crippen LogP contribution in [0.25, 0.3) is 11.1 Å². The molecule has 4 nitrogen and oxygen atoms in total. The molecule has 0 saturated heterocycles. The lowest BCUT2D eigenvalue weighted by Gasteiger charge is -2.18. The van der Waals surface area contributed by atoms with Gasteiger partial charge < -0.3 is 10.0 Å². The van der Waals surface area contributed by atoms with Gasteiger partial charge in [0.2, 0.25) is 0 Å². The van der Waals surface area contributed by atoms with Crippen molar-refractivity contribution >= 4 is 28.7 Å². The summed E-state index contributed by atoms with van der Waals surface area (Å²) in [6.07, 6.45) is -4.48. The third-order valence-corrected chi connectivity index (χ3v) is 6.25. The molecule has 7 heteroatoms. The first-order valence-corrected chi connectivity index (χ1v) is 11.4. The van der Waals surface area contributed by atoms with Gasteiger partial charge in [-0.3, -0.25) is 4.79 Å². The van der Waals surface area contributed by atoms with Gasteiger partial charge in [-0.15, -0.1) is 0 Å². The molecule has 1 aliphatic rings. The quantitative estimate of drug-likeness (QED) is 0.304. The van der Waals surface area contributed by atoms with Crippen LogP contribution in [0.4, 0.5) is 18.9 Å². The molecule has 1 aliphatic heterocycles. The number of halogens is 3. The minimum absolute atomic E-state index is 0.114. The summed E-state index contributed by atoms with van der Waals surface area (Å²) in [5.74, 6) is -1.38. The number of alkyl halides is 3. The molecular weight excluding hydrogens is 479 g/mol. The lowest BCUT2D eigenvalue weighted by molar-refractivity contribution is -0.137. The van der Waals surface area contributed by atoms with Crippen molar-refractivity contribution in [2.24, 2.45) is 0 Å². The number of carboxylic acids is 1. The Labute approximate surface area is 210 Å². The highest BCUT2D eigenvalue weighted by Crippen LogP contribution is 2.44. The number of hydrogen-bond donors (Lipinski definition) is 1. The summed E-state index contributed by atoms with van der Waals surface area (Å²) in [6, 6.07) is 27.4. The number of benzene rings is 4. The third-order valence-electron chi connectivity index (χ3n) is 6.25. The summed E-state index contributed by atoms with van der Waals surface area (Å²) in [4.78, 5) is 27.0. The molecule has 1 amide bonds. The second-order valence-corrected chi connectivity index (χ2v) is 8.61. The second-order valence-electron chi connectivity index (χ2n) is 8.61. The number of amides is 1. The zero-order chi connectivity index (χ0) is 26.2. The Hall–Kier alpha value is -4.65. The van der Waals surface area contributed by atoms with Crippen molar-refractivity contribution < 1.29 is 27.9 Å². The van der Waals surface area contributed by atoms with E-state index < -0.39 is 17.7 Å². The van der Waals surface area contributed by atoms with E-state index in [1.54, 1.807) is 47.4 Å². The molecule has 5 rings (SSSR count). The summed E-state index contributed by atoms with van der Waals surface area (Å²) < 4.78 is 39.7. The van der Waals surface area contributed by atoms with E-state index in [9.17, 15) is 27.9 Å². The highest BCUT2D eigenvalue weighted by molar-refractivity contribution is 6.38. The molecule has 37 heavy (non-hydrogen) atoms. The van der Waals surface area contributed by atoms with Gasteiger partial charge in [-0.1, -0.05) is 72.8 Å². The van der Waals surface area contributed by atoms with E-state index in [-0.39, 0.29) is 18.0 Å². The van der Waals surface area contributed by atoms with Gasteiger partial charge in [0.1, 0.15) is 0 Å². The Balaban J connectivity index is 1.68. The highest BCUT2D eigenvalue weighted by atomic mass is 19.4. The zero-order valence-electron chi connectivity index (χ0n) is 19.4. The zero-order valence-corrected chi connectivity index (χ0v) is 19.4. The normalized spacial score (nSPS) is 14.5. The Kier molecular flexibility index (Phi) is 6.13. The number of carbonyl (C=O) groups is 2. The molecule has 0 aromatic heterocycles. The van der Waals surface area contributed by atoms with Crippen molar-refractivity contribution in [3.63, 3.8) is 0 Å². The smallest absolute Gasteiger partial charge is 0.416 e. The van der Waals surface area contributed by atoms with Crippen LogP contribution >= 0.6 is 0 Å². The Bertz CT molecular complexity index is 1520. The minimum Gasteiger partial charge on any atom is -0.478 e. The van der Waals surface area contributed by atoms with Crippen LogP contribution < -0.4 is 4.90 Å². The number of fused-ring (bicyclic) bond motifs is 1. The molecule has 0 bridgehead atoms.